The molecule has 5 heteroatoms. The van der Waals surface area contributed by atoms with Gasteiger partial charge in [0, 0.05) is 17.6 Å². The molecule has 0 saturated heterocycles. The van der Waals surface area contributed by atoms with E-state index in [1.807, 2.05) is 56.3 Å². The summed E-state index contributed by atoms with van der Waals surface area (Å²) in [4.78, 5) is 17.3. The van der Waals surface area contributed by atoms with Crippen molar-refractivity contribution in [1.82, 2.24) is 10.3 Å². The van der Waals surface area contributed by atoms with Gasteiger partial charge in [-0.3, -0.25) is 9.78 Å². The van der Waals surface area contributed by atoms with Crippen LogP contribution >= 0.6 is 0 Å². The summed E-state index contributed by atoms with van der Waals surface area (Å²) in [5, 5.41) is 3.85. The molecule has 0 radical (unpaired) electrons. The average Bonchev–Trinajstić information content (AvgIpc) is 3.07. The summed E-state index contributed by atoms with van der Waals surface area (Å²) >= 11 is 0. The average molecular weight is 334 g/mol. The maximum absolute atomic E-state index is 12.7. The Labute approximate surface area is 145 Å². The van der Waals surface area contributed by atoms with Gasteiger partial charge in [0.2, 0.25) is 6.79 Å². The third-order valence-corrected chi connectivity index (χ3v) is 4.30. The van der Waals surface area contributed by atoms with E-state index in [-0.39, 0.29) is 12.7 Å². The molecule has 1 aliphatic heterocycles. The van der Waals surface area contributed by atoms with Crippen molar-refractivity contribution in [3.63, 3.8) is 0 Å². The number of aryl methyl sites for hydroxylation is 2. The van der Waals surface area contributed by atoms with Crippen LogP contribution in [0.3, 0.4) is 0 Å². The van der Waals surface area contributed by atoms with Gasteiger partial charge in [-0.05, 0) is 43.2 Å². The fraction of sp³-hybridized carbons (Fsp3) is 0.200. The summed E-state index contributed by atoms with van der Waals surface area (Å²) in [6.07, 6.45) is 0. The molecule has 5 nitrogen and oxygen atoms in total. The second-order valence-electron chi connectivity index (χ2n) is 6.15. The molecule has 0 spiro atoms. The van der Waals surface area contributed by atoms with E-state index < -0.39 is 0 Å². The van der Waals surface area contributed by atoms with Crippen LogP contribution in [0.15, 0.2) is 42.5 Å². The van der Waals surface area contributed by atoms with Crippen LogP contribution < -0.4 is 14.8 Å². The van der Waals surface area contributed by atoms with E-state index in [9.17, 15) is 4.79 Å². The lowest BCUT2D eigenvalue weighted by Gasteiger charge is -2.11. The van der Waals surface area contributed by atoms with E-state index in [2.05, 4.69) is 10.3 Å². The van der Waals surface area contributed by atoms with E-state index >= 15 is 0 Å². The van der Waals surface area contributed by atoms with E-state index in [4.69, 9.17) is 9.47 Å². The van der Waals surface area contributed by atoms with Crippen LogP contribution in [0.5, 0.6) is 11.5 Å². The maximum atomic E-state index is 12.7. The number of ether oxygens (including phenoxy) is 2. The quantitative estimate of drug-likeness (QED) is 0.796. The molecule has 0 fully saturated rings. The third-order valence-electron chi connectivity index (χ3n) is 4.30. The maximum Gasteiger partial charge on any atom is 0.252 e. The molecular formula is C20H18N2O3. The minimum Gasteiger partial charge on any atom is -0.454 e. The van der Waals surface area contributed by atoms with Crippen molar-refractivity contribution in [2.45, 2.75) is 20.4 Å². The first kappa shape index (κ1) is 15.4. The van der Waals surface area contributed by atoms with Crippen molar-refractivity contribution in [1.29, 1.82) is 0 Å². The Balaban J connectivity index is 1.59. The fourth-order valence-corrected chi connectivity index (χ4v) is 3.04. The third kappa shape index (κ3) is 2.89. The van der Waals surface area contributed by atoms with Crippen LogP contribution in [0, 0.1) is 13.8 Å². The van der Waals surface area contributed by atoms with E-state index in [0.717, 1.165) is 33.5 Å². The number of nitrogens with zero attached hydrogens (tertiary/aromatic N) is 1. The predicted molar refractivity (Wildman–Crippen MR) is 95.0 cm³/mol. The topological polar surface area (TPSA) is 60.5 Å². The molecule has 0 atom stereocenters. The van der Waals surface area contributed by atoms with Crippen LogP contribution in [-0.4, -0.2) is 17.7 Å². The Morgan fingerprint density at radius 1 is 1.12 bits per heavy atom. The number of carbonyl (C=O) groups excluding carboxylic acids is 1. The molecule has 1 amide bonds. The van der Waals surface area contributed by atoms with Gasteiger partial charge < -0.3 is 14.8 Å². The highest BCUT2D eigenvalue weighted by molar-refractivity contribution is 6.06. The summed E-state index contributed by atoms with van der Waals surface area (Å²) in [7, 11) is 0. The molecule has 2 aromatic carbocycles. The summed E-state index contributed by atoms with van der Waals surface area (Å²) < 4.78 is 10.7. The molecule has 0 unspecified atom stereocenters. The van der Waals surface area contributed by atoms with Crippen molar-refractivity contribution >= 4 is 16.8 Å². The molecule has 0 aliphatic carbocycles. The smallest absolute Gasteiger partial charge is 0.252 e. The number of hydrogen-bond donors (Lipinski definition) is 1. The lowest BCUT2D eigenvalue weighted by molar-refractivity contribution is 0.0952. The summed E-state index contributed by atoms with van der Waals surface area (Å²) in [6, 6.07) is 13.4. The summed E-state index contributed by atoms with van der Waals surface area (Å²) in [5.74, 6) is 1.34. The molecular weight excluding hydrogens is 316 g/mol. The Morgan fingerprint density at radius 2 is 1.96 bits per heavy atom. The molecule has 1 N–H and O–H groups in total. The molecule has 0 saturated carbocycles. The molecule has 1 aromatic heterocycles. The van der Waals surface area contributed by atoms with Crippen LogP contribution in [0.2, 0.25) is 0 Å². The first-order valence-electron chi connectivity index (χ1n) is 8.15. The van der Waals surface area contributed by atoms with Crippen LogP contribution in [0.4, 0.5) is 0 Å². The molecule has 1 aliphatic rings. The Kier molecular flexibility index (Phi) is 3.76. The predicted octanol–water partition coefficient (Wildman–Crippen LogP) is 3.51. The van der Waals surface area contributed by atoms with Crippen molar-refractivity contribution in [3.05, 3.63) is 64.8 Å². The van der Waals surface area contributed by atoms with Crippen LogP contribution in [-0.2, 0) is 6.54 Å². The van der Waals surface area contributed by atoms with Gasteiger partial charge in [-0.25, -0.2) is 0 Å². The Hall–Kier alpha value is -3.08. The minimum atomic E-state index is -0.112. The number of benzene rings is 2. The molecule has 3 aromatic rings. The van der Waals surface area contributed by atoms with E-state index in [1.165, 1.54) is 0 Å². The van der Waals surface area contributed by atoms with Gasteiger partial charge in [0.1, 0.15) is 0 Å². The number of amides is 1. The fourth-order valence-electron chi connectivity index (χ4n) is 3.04. The zero-order valence-corrected chi connectivity index (χ0v) is 14.1. The van der Waals surface area contributed by atoms with Gasteiger partial charge in [0.25, 0.3) is 5.91 Å². The highest BCUT2D eigenvalue weighted by Crippen LogP contribution is 2.32. The largest absolute Gasteiger partial charge is 0.454 e. The Bertz CT molecular complexity index is 982. The molecule has 4 rings (SSSR count). The van der Waals surface area contributed by atoms with E-state index in [0.29, 0.717) is 17.9 Å². The second-order valence-corrected chi connectivity index (χ2v) is 6.15. The number of rotatable bonds is 3. The zero-order chi connectivity index (χ0) is 17.4. The lowest BCUT2D eigenvalue weighted by atomic mass is 10.0. The van der Waals surface area contributed by atoms with Gasteiger partial charge in [-0.1, -0.05) is 24.3 Å². The number of nitrogens with one attached hydrogen (secondary N) is 1. The number of fused-ring (bicyclic) bond motifs is 2. The number of para-hydroxylation sites is 1. The normalized spacial score (nSPS) is 12.4. The van der Waals surface area contributed by atoms with Gasteiger partial charge in [0.05, 0.1) is 11.1 Å². The SMILES string of the molecule is Cc1cc(C(=O)NCc2ccc3c(c2)OCO3)c2cccc(C)c2n1. The monoisotopic (exact) mass is 334 g/mol. The molecule has 25 heavy (non-hydrogen) atoms. The summed E-state index contributed by atoms with van der Waals surface area (Å²) in [6.45, 7) is 4.57. The van der Waals surface area contributed by atoms with Gasteiger partial charge in [-0.15, -0.1) is 0 Å². The van der Waals surface area contributed by atoms with Crippen molar-refractivity contribution in [2.24, 2.45) is 0 Å². The molecule has 0 bridgehead atoms. The lowest BCUT2D eigenvalue weighted by Crippen LogP contribution is -2.23. The standard InChI is InChI=1S/C20H18N2O3/c1-12-4-3-5-15-16(8-13(2)22-19(12)15)20(23)21-10-14-6-7-17-18(9-14)25-11-24-17/h3-9H,10-11H2,1-2H3,(H,21,23). The first-order chi connectivity index (χ1) is 12.1. The first-order valence-corrected chi connectivity index (χ1v) is 8.15. The molecule has 126 valence electrons. The van der Waals surface area contributed by atoms with Gasteiger partial charge in [-0.2, -0.15) is 0 Å². The number of carbonyl (C=O) groups is 1. The Morgan fingerprint density at radius 3 is 2.84 bits per heavy atom. The zero-order valence-electron chi connectivity index (χ0n) is 14.1. The van der Waals surface area contributed by atoms with Gasteiger partial charge in [0.15, 0.2) is 11.5 Å². The number of aromatic nitrogens is 1. The second kappa shape index (κ2) is 6.09. The van der Waals surface area contributed by atoms with Crippen molar-refractivity contribution in [2.75, 3.05) is 6.79 Å². The van der Waals surface area contributed by atoms with E-state index in [1.54, 1.807) is 0 Å². The van der Waals surface area contributed by atoms with Crippen molar-refractivity contribution in [3.8, 4) is 11.5 Å². The van der Waals surface area contributed by atoms with Crippen molar-refractivity contribution < 1.29 is 14.3 Å². The summed E-state index contributed by atoms with van der Waals surface area (Å²) in [5.41, 5.74) is 4.37. The highest BCUT2D eigenvalue weighted by atomic mass is 16.7. The minimum absolute atomic E-state index is 0.112. The molecule has 2 heterocycles. The van der Waals surface area contributed by atoms with Crippen LogP contribution in [0.1, 0.15) is 27.2 Å². The number of pyridine rings is 1. The van der Waals surface area contributed by atoms with Crippen LogP contribution in [0.25, 0.3) is 10.9 Å². The number of hydrogen-bond acceptors (Lipinski definition) is 4. The highest BCUT2D eigenvalue weighted by Gasteiger charge is 2.15. The van der Waals surface area contributed by atoms with Gasteiger partial charge >= 0.3 is 0 Å².